The van der Waals surface area contributed by atoms with Crippen molar-refractivity contribution in [2.24, 2.45) is 0 Å². The number of hydrogen-bond acceptors (Lipinski definition) is 4. The number of nitrogens with zero attached hydrogens (tertiary/aromatic N) is 4. The van der Waals surface area contributed by atoms with Crippen molar-refractivity contribution >= 4 is 21.7 Å². The molecule has 0 N–H and O–H groups in total. The average molecular weight is 299 g/mol. The zero-order valence-corrected chi connectivity index (χ0v) is 12.1. The van der Waals surface area contributed by atoms with Gasteiger partial charge in [0, 0.05) is 32.2 Å². The van der Waals surface area contributed by atoms with Crippen molar-refractivity contribution in [3.8, 4) is 0 Å². The highest BCUT2D eigenvalue weighted by Gasteiger charge is 2.17. The topological polar surface area (TPSA) is 32.3 Å². The van der Waals surface area contributed by atoms with Crippen LogP contribution in [0.5, 0.6) is 0 Å². The standard InChI is InChI=1S/C12H19BrN4/c1-3-4-16-5-7-17(8-6-16)12-9-11(13)14-10(2)15-12/h9H,3-8H2,1-2H3. The molecule has 1 saturated heterocycles. The number of hydrogen-bond donors (Lipinski definition) is 0. The highest BCUT2D eigenvalue weighted by Crippen LogP contribution is 2.18. The lowest BCUT2D eigenvalue weighted by atomic mass is 10.3. The minimum atomic E-state index is 0.824. The van der Waals surface area contributed by atoms with Gasteiger partial charge in [0.2, 0.25) is 0 Å². The Hall–Kier alpha value is -0.680. The molecule has 1 fully saturated rings. The third-order valence-corrected chi connectivity index (χ3v) is 3.44. The summed E-state index contributed by atoms with van der Waals surface area (Å²) in [5.41, 5.74) is 0. The molecule has 1 aliphatic heterocycles. The molecule has 0 amide bonds. The maximum atomic E-state index is 4.50. The second kappa shape index (κ2) is 5.78. The van der Waals surface area contributed by atoms with Gasteiger partial charge in [0.05, 0.1) is 0 Å². The van der Waals surface area contributed by atoms with Crippen molar-refractivity contribution in [2.45, 2.75) is 20.3 Å². The van der Waals surface area contributed by atoms with E-state index in [2.05, 4.69) is 42.6 Å². The maximum Gasteiger partial charge on any atom is 0.133 e. The second-order valence-electron chi connectivity index (χ2n) is 4.42. The quantitative estimate of drug-likeness (QED) is 0.800. The van der Waals surface area contributed by atoms with E-state index in [1.165, 1.54) is 13.0 Å². The van der Waals surface area contributed by atoms with E-state index in [0.717, 1.165) is 42.4 Å². The van der Waals surface area contributed by atoms with E-state index < -0.39 is 0 Å². The van der Waals surface area contributed by atoms with Crippen LogP contribution in [0.4, 0.5) is 5.82 Å². The first-order valence-corrected chi connectivity index (χ1v) is 6.97. The minimum absolute atomic E-state index is 0.824. The molecule has 1 aromatic heterocycles. The molecule has 5 heteroatoms. The number of piperazine rings is 1. The van der Waals surface area contributed by atoms with Crippen LogP contribution in [0.15, 0.2) is 10.7 Å². The molecule has 0 aliphatic carbocycles. The second-order valence-corrected chi connectivity index (χ2v) is 5.24. The molecule has 2 rings (SSSR count). The van der Waals surface area contributed by atoms with Crippen LogP contribution in [0.1, 0.15) is 19.2 Å². The van der Waals surface area contributed by atoms with Crippen LogP contribution in [0.2, 0.25) is 0 Å². The van der Waals surface area contributed by atoms with E-state index in [-0.39, 0.29) is 0 Å². The van der Waals surface area contributed by atoms with Gasteiger partial charge in [-0.3, -0.25) is 4.90 Å². The maximum absolute atomic E-state index is 4.50. The molecule has 0 radical (unpaired) electrons. The molecule has 0 unspecified atom stereocenters. The Kier molecular flexibility index (Phi) is 4.34. The summed E-state index contributed by atoms with van der Waals surface area (Å²) in [5, 5.41) is 0. The van der Waals surface area contributed by atoms with E-state index in [1.807, 2.05) is 13.0 Å². The van der Waals surface area contributed by atoms with Gasteiger partial charge in [0.25, 0.3) is 0 Å². The van der Waals surface area contributed by atoms with Crippen LogP contribution in [-0.2, 0) is 0 Å². The Morgan fingerprint density at radius 1 is 1.24 bits per heavy atom. The zero-order valence-electron chi connectivity index (χ0n) is 10.5. The van der Waals surface area contributed by atoms with Gasteiger partial charge in [-0.15, -0.1) is 0 Å². The number of halogens is 1. The molecular weight excluding hydrogens is 280 g/mol. The van der Waals surface area contributed by atoms with Crippen molar-refractivity contribution in [3.05, 3.63) is 16.5 Å². The van der Waals surface area contributed by atoms with Crippen LogP contribution in [0, 0.1) is 6.92 Å². The lowest BCUT2D eigenvalue weighted by molar-refractivity contribution is 0.258. The van der Waals surface area contributed by atoms with Crippen LogP contribution in [0.25, 0.3) is 0 Å². The Morgan fingerprint density at radius 2 is 1.94 bits per heavy atom. The highest BCUT2D eigenvalue weighted by atomic mass is 79.9. The number of anilines is 1. The number of aryl methyl sites for hydroxylation is 1. The molecule has 0 spiro atoms. The number of aromatic nitrogens is 2. The first-order valence-electron chi connectivity index (χ1n) is 6.17. The van der Waals surface area contributed by atoms with Crippen LogP contribution < -0.4 is 4.90 Å². The lowest BCUT2D eigenvalue weighted by Gasteiger charge is -2.35. The van der Waals surface area contributed by atoms with Gasteiger partial charge in [0.15, 0.2) is 0 Å². The summed E-state index contributed by atoms with van der Waals surface area (Å²) >= 11 is 3.43. The summed E-state index contributed by atoms with van der Waals surface area (Å²) in [4.78, 5) is 13.6. The van der Waals surface area contributed by atoms with Gasteiger partial charge in [-0.05, 0) is 35.8 Å². The molecule has 0 atom stereocenters. The molecule has 17 heavy (non-hydrogen) atoms. The first kappa shape index (κ1) is 12.8. The third-order valence-electron chi connectivity index (χ3n) is 3.03. The Bertz CT molecular complexity index is 355. The van der Waals surface area contributed by atoms with E-state index in [4.69, 9.17) is 0 Å². The van der Waals surface area contributed by atoms with Crippen molar-refractivity contribution in [1.29, 1.82) is 0 Å². The van der Waals surface area contributed by atoms with Gasteiger partial charge < -0.3 is 4.90 Å². The summed E-state index contributed by atoms with van der Waals surface area (Å²) < 4.78 is 0.871. The van der Waals surface area contributed by atoms with Gasteiger partial charge in [-0.1, -0.05) is 6.92 Å². The Labute approximate surface area is 111 Å². The normalized spacial score (nSPS) is 17.5. The molecule has 1 aliphatic rings. The van der Waals surface area contributed by atoms with Gasteiger partial charge >= 0.3 is 0 Å². The van der Waals surface area contributed by atoms with Gasteiger partial charge in [-0.25, -0.2) is 9.97 Å². The Balaban J connectivity index is 2.00. The summed E-state index contributed by atoms with van der Waals surface area (Å²) in [6, 6.07) is 2.00. The Morgan fingerprint density at radius 3 is 2.53 bits per heavy atom. The predicted octanol–water partition coefficient (Wildman–Crippen LogP) is 2.08. The monoisotopic (exact) mass is 298 g/mol. The molecule has 0 aromatic carbocycles. The first-order chi connectivity index (χ1) is 8.19. The van der Waals surface area contributed by atoms with Crippen molar-refractivity contribution in [2.75, 3.05) is 37.6 Å². The predicted molar refractivity (Wildman–Crippen MR) is 73.4 cm³/mol. The zero-order chi connectivity index (χ0) is 12.3. The molecule has 0 bridgehead atoms. The van der Waals surface area contributed by atoms with Crippen molar-refractivity contribution < 1.29 is 0 Å². The van der Waals surface area contributed by atoms with Crippen molar-refractivity contribution in [3.63, 3.8) is 0 Å². The fourth-order valence-electron chi connectivity index (χ4n) is 2.20. The van der Waals surface area contributed by atoms with E-state index >= 15 is 0 Å². The summed E-state index contributed by atoms with van der Waals surface area (Å²) in [6.07, 6.45) is 1.23. The molecular formula is C12H19BrN4. The van der Waals surface area contributed by atoms with Crippen molar-refractivity contribution in [1.82, 2.24) is 14.9 Å². The fourth-order valence-corrected chi connectivity index (χ4v) is 2.66. The van der Waals surface area contributed by atoms with E-state index in [1.54, 1.807) is 0 Å². The van der Waals surface area contributed by atoms with Crippen LogP contribution in [0.3, 0.4) is 0 Å². The molecule has 94 valence electrons. The summed E-state index contributed by atoms with van der Waals surface area (Å²) in [5.74, 6) is 1.87. The van der Waals surface area contributed by atoms with Crippen LogP contribution in [-0.4, -0.2) is 47.6 Å². The molecule has 2 heterocycles. The number of rotatable bonds is 3. The highest BCUT2D eigenvalue weighted by molar-refractivity contribution is 9.10. The largest absolute Gasteiger partial charge is 0.354 e. The fraction of sp³-hybridized carbons (Fsp3) is 0.667. The molecule has 0 saturated carbocycles. The van der Waals surface area contributed by atoms with E-state index in [0.29, 0.717) is 0 Å². The molecule has 1 aromatic rings. The summed E-state index contributed by atoms with van der Waals surface area (Å²) in [6.45, 7) is 9.76. The lowest BCUT2D eigenvalue weighted by Crippen LogP contribution is -2.46. The third kappa shape index (κ3) is 3.39. The molecule has 4 nitrogen and oxygen atoms in total. The smallest absolute Gasteiger partial charge is 0.133 e. The average Bonchev–Trinajstić information content (AvgIpc) is 2.29. The van der Waals surface area contributed by atoms with Gasteiger partial charge in [0.1, 0.15) is 16.2 Å². The summed E-state index contributed by atoms with van der Waals surface area (Å²) in [7, 11) is 0. The van der Waals surface area contributed by atoms with Gasteiger partial charge in [-0.2, -0.15) is 0 Å². The van der Waals surface area contributed by atoms with E-state index in [9.17, 15) is 0 Å². The van der Waals surface area contributed by atoms with Crippen LogP contribution >= 0.6 is 15.9 Å². The SMILES string of the molecule is CCCN1CCN(c2cc(Br)nc(C)n2)CC1. The minimum Gasteiger partial charge on any atom is -0.354 e.